The number of anilines is 2. The topological polar surface area (TPSA) is 108 Å². The second-order valence-corrected chi connectivity index (χ2v) is 11.2. The zero-order valence-corrected chi connectivity index (χ0v) is 21.6. The zero-order valence-electron chi connectivity index (χ0n) is 20.8. The van der Waals surface area contributed by atoms with Gasteiger partial charge in [0.05, 0.1) is 5.69 Å². The number of carbonyl (C=O) groups is 2. The van der Waals surface area contributed by atoms with Crippen LogP contribution in [0.1, 0.15) is 56.6 Å². The van der Waals surface area contributed by atoms with E-state index in [2.05, 4.69) is 15.4 Å². The fourth-order valence-corrected chi connectivity index (χ4v) is 6.47. The van der Waals surface area contributed by atoms with E-state index in [1.807, 2.05) is 30.3 Å². The van der Waals surface area contributed by atoms with Gasteiger partial charge in [0, 0.05) is 36.7 Å². The number of fused-ring (bicyclic) bond motifs is 1. The number of nitrogens with one attached hydrogen (secondary N) is 3. The molecule has 2 aromatic rings. The van der Waals surface area contributed by atoms with Gasteiger partial charge < -0.3 is 10.6 Å². The highest BCUT2D eigenvalue weighted by molar-refractivity contribution is 7.90. The van der Waals surface area contributed by atoms with Crippen molar-refractivity contribution in [3.63, 3.8) is 0 Å². The first kappa shape index (κ1) is 26.2. The van der Waals surface area contributed by atoms with E-state index in [0.29, 0.717) is 43.7 Å². The molecule has 8 nitrogen and oxygen atoms in total. The normalized spacial score (nSPS) is 17.2. The lowest BCUT2D eigenvalue weighted by atomic mass is 9.88. The van der Waals surface area contributed by atoms with Gasteiger partial charge in [0.25, 0.3) is 0 Å². The van der Waals surface area contributed by atoms with E-state index in [-0.39, 0.29) is 17.7 Å². The molecule has 36 heavy (non-hydrogen) atoms. The maximum Gasteiger partial charge on any atom is 0.301 e. The molecule has 1 heterocycles. The number of amides is 2. The van der Waals surface area contributed by atoms with E-state index in [0.717, 1.165) is 43.2 Å². The van der Waals surface area contributed by atoms with Crippen LogP contribution in [0.5, 0.6) is 0 Å². The van der Waals surface area contributed by atoms with Crippen LogP contribution in [0.25, 0.3) is 0 Å². The Morgan fingerprint density at radius 2 is 1.75 bits per heavy atom. The first-order valence-corrected chi connectivity index (χ1v) is 14.4. The lowest BCUT2D eigenvalue weighted by Gasteiger charge is -2.32. The lowest BCUT2D eigenvalue weighted by Crippen LogP contribution is -2.48. The third kappa shape index (κ3) is 6.25. The number of benzene rings is 2. The average molecular weight is 513 g/mol. The van der Waals surface area contributed by atoms with Crippen LogP contribution in [0.15, 0.2) is 48.5 Å². The van der Waals surface area contributed by atoms with Crippen molar-refractivity contribution in [3.8, 4) is 0 Å². The summed E-state index contributed by atoms with van der Waals surface area (Å²) in [5.74, 6) is -0.425. The van der Waals surface area contributed by atoms with E-state index < -0.39 is 16.3 Å². The predicted molar refractivity (Wildman–Crippen MR) is 142 cm³/mol. The Morgan fingerprint density at radius 1 is 1.00 bits per heavy atom. The van der Waals surface area contributed by atoms with Crippen LogP contribution in [-0.2, 0) is 32.6 Å². The summed E-state index contributed by atoms with van der Waals surface area (Å²) < 4.78 is 29.4. The van der Waals surface area contributed by atoms with E-state index in [1.54, 1.807) is 25.1 Å². The highest BCUT2D eigenvalue weighted by atomic mass is 32.2. The Morgan fingerprint density at radius 3 is 2.47 bits per heavy atom. The van der Waals surface area contributed by atoms with Crippen LogP contribution >= 0.6 is 0 Å². The van der Waals surface area contributed by atoms with Gasteiger partial charge in [-0.2, -0.15) is 13.1 Å². The molecular weight excluding hydrogens is 476 g/mol. The van der Waals surface area contributed by atoms with Crippen molar-refractivity contribution in [2.24, 2.45) is 5.92 Å². The largest absolute Gasteiger partial charge is 0.344 e. The summed E-state index contributed by atoms with van der Waals surface area (Å²) in [4.78, 5) is 26.6. The molecule has 4 rings (SSSR count). The third-order valence-electron chi connectivity index (χ3n) is 6.97. The fourth-order valence-electron chi connectivity index (χ4n) is 5.15. The van der Waals surface area contributed by atoms with Crippen LogP contribution in [0.2, 0.25) is 0 Å². The summed E-state index contributed by atoms with van der Waals surface area (Å²) in [6.45, 7) is 2.42. The Labute approximate surface area is 214 Å². The van der Waals surface area contributed by atoms with Crippen molar-refractivity contribution in [2.45, 2.75) is 64.3 Å². The van der Waals surface area contributed by atoms with Crippen LogP contribution in [0.3, 0.4) is 0 Å². The number of hydrogen-bond acceptors (Lipinski definition) is 4. The smallest absolute Gasteiger partial charge is 0.301 e. The van der Waals surface area contributed by atoms with Gasteiger partial charge in [-0.05, 0) is 43.4 Å². The number of rotatable bonds is 9. The molecule has 0 bridgehead atoms. The van der Waals surface area contributed by atoms with E-state index >= 15 is 0 Å². The fraction of sp³-hybridized carbons (Fsp3) is 0.481. The molecule has 2 aliphatic rings. The molecule has 0 spiro atoms. The highest BCUT2D eigenvalue weighted by Gasteiger charge is 2.30. The molecule has 0 aromatic heterocycles. The molecule has 1 fully saturated rings. The van der Waals surface area contributed by atoms with Crippen LogP contribution < -0.4 is 19.7 Å². The molecule has 1 saturated carbocycles. The number of hydrogen-bond donors (Lipinski definition) is 3. The minimum atomic E-state index is -3.66. The molecule has 2 amide bonds. The Balaban J connectivity index is 1.56. The molecule has 1 aliphatic heterocycles. The Bertz CT molecular complexity index is 1160. The standard InChI is InChI=1S/C27H36N4O4S/c1-2-28-36(34,35)31-18-10-15-22-23(16-9-17-25(22)31)29-27(33)24(19-20-11-5-3-6-12-20)30-26(32)21-13-7-4-8-14-21/h3,5-6,9,11-12,16-17,21,24,28H,2,4,7-8,10,13-15,18-19H2,1H3,(H,29,33)(H,30,32)/t24-/m0/s1. The van der Waals surface area contributed by atoms with Crippen molar-refractivity contribution in [1.29, 1.82) is 0 Å². The molecule has 9 heteroatoms. The van der Waals surface area contributed by atoms with Crippen molar-refractivity contribution in [1.82, 2.24) is 10.0 Å². The average Bonchev–Trinajstić information content (AvgIpc) is 2.89. The van der Waals surface area contributed by atoms with Crippen molar-refractivity contribution in [2.75, 3.05) is 22.7 Å². The van der Waals surface area contributed by atoms with Crippen molar-refractivity contribution < 1.29 is 18.0 Å². The van der Waals surface area contributed by atoms with Gasteiger partial charge in [0.15, 0.2) is 0 Å². The molecule has 0 unspecified atom stereocenters. The van der Waals surface area contributed by atoms with Gasteiger partial charge in [-0.1, -0.05) is 62.6 Å². The molecule has 3 N–H and O–H groups in total. The second-order valence-electron chi connectivity index (χ2n) is 9.56. The van der Waals surface area contributed by atoms with E-state index in [9.17, 15) is 18.0 Å². The van der Waals surface area contributed by atoms with Gasteiger partial charge in [0.2, 0.25) is 11.8 Å². The quantitative estimate of drug-likeness (QED) is 0.478. The maximum atomic E-state index is 13.5. The molecule has 1 atom stereocenters. The first-order chi connectivity index (χ1) is 17.4. The van der Waals surface area contributed by atoms with Gasteiger partial charge in [-0.15, -0.1) is 0 Å². The summed E-state index contributed by atoms with van der Waals surface area (Å²) >= 11 is 0. The van der Waals surface area contributed by atoms with Gasteiger partial charge >= 0.3 is 10.2 Å². The molecule has 1 aliphatic carbocycles. The van der Waals surface area contributed by atoms with Crippen molar-refractivity contribution in [3.05, 3.63) is 59.7 Å². The number of carbonyl (C=O) groups excluding carboxylic acids is 2. The monoisotopic (exact) mass is 512 g/mol. The van der Waals surface area contributed by atoms with E-state index in [1.165, 1.54) is 4.31 Å². The van der Waals surface area contributed by atoms with Crippen LogP contribution in [0, 0.1) is 5.92 Å². The molecule has 0 radical (unpaired) electrons. The molecule has 0 saturated heterocycles. The van der Waals surface area contributed by atoms with Gasteiger partial charge in [-0.3, -0.25) is 13.9 Å². The zero-order chi connectivity index (χ0) is 25.5. The van der Waals surface area contributed by atoms with Gasteiger partial charge in [0.1, 0.15) is 6.04 Å². The highest BCUT2D eigenvalue weighted by Crippen LogP contribution is 2.34. The van der Waals surface area contributed by atoms with E-state index in [4.69, 9.17) is 0 Å². The van der Waals surface area contributed by atoms with Crippen molar-refractivity contribution >= 4 is 33.4 Å². The minimum Gasteiger partial charge on any atom is -0.344 e. The summed E-state index contributed by atoms with van der Waals surface area (Å²) in [6.07, 6.45) is 6.62. The molecular formula is C27H36N4O4S. The van der Waals surface area contributed by atoms with Crippen LogP contribution in [-0.4, -0.2) is 39.4 Å². The first-order valence-electron chi connectivity index (χ1n) is 12.9. The molecule has 2 aromatic carbocycles. The summed E-state index contributed by atoms with van der Waals surface area (Å²) in [5.41, 5.74) is 2.90. The maximum absolute atomic E-state index is 13.5. The third-order valence-corrected chi connectivity index (χ3v) is 8.59. The summed E-state index contributed by atoms with van der Waals surface area (Å²) in [7, 11) is -3.66. The SMILES string of the molecule is CCNS(=O)(=O)N1CCCc2c(NC(=O)[C@H](Cc3ccccc3)NC(=O)C3CCCCC3)cccc21. The lowest BCUT2D eigenvalue weighted by molar-refractivity contribution is -0.130. The second kappa shape index (κ2) is 11.9. The van der Waals surface area contributed by atoms with Gasteiger partial charge in [-0.25, -0.2) is 0 Å². The number of nitrogens with zero attached hydrogens (tertiary/aromatic N) is 1. The Hall–Kier alpha value is -2.91. The Kier molecular flexibility index (Phi) is 8.64. The predicted octanol–water partition coefficient (Wildman–Crippen LogP) is 3.54. The summed E-state index contributed by atoms with van der Waals surface area (Å²) in [6, 6.07) is 14.2. The molecule has 194 valence electrons. The summed E-state index contributed by atoms with van der Waals surface area (Å²) in [5, 5.41) is 6.02. The minimum absolute atomic E-state index is 0.0564. The van der Waals surface area contributed by atoms with Crippen LogP contribution in [0.4, 0.5) is 11.4 Å².